The largest absolute Gasteiger partial charge is 0.445 e. The highest BCUT2D eigenvalue weighted by Gasteiger charge is 2.22. The average Bonchev–Trinajstić information content (AvgIpc) is 2.37. The number of carbonyl (C=O) groups excluding carboxylic acids is 1. The van der Waals surface area contributed by atoms with E-state index in [9.17, 15) is 4.79 Å². The van der Waals surface area contributed by atoms with Crippen LogP contribution in [0.4, 0.5) is 4.79 Å². The lowest BCUT2D eigenvalue weighted by molar-refractivity contribution is -0.0193. The van der Waals surface area contributed by atoms with Gasteiger partial charge >= 0.3 is 6.09 Å². The zero-order valence-corrected chi connectivity index (χ0v) is 9.96. The van der Waals surface area contributed by atoms with Gasteiger partial charge in [-0.1, -0.05) is 30.3 Å². The monoisotopic (exact) mass is 235 g/mol. The summed E-state index contributed by atoms with van der Waals surface area (Å²) in [6, 6.07) is 9.68. The second kappa shape index (κ2) is 5.68. The van der Waals surface area contributed by atoms with E-state index < -0.39 is 0 Å². The third-order valence-electron chi connectivity index (χ3n) is 2.70. The van der Waals surface area contributed by atoms with Crippen LogP contribution in [0.1, 0.15) is 12.5 Å². The van der Waals surface area contributed by atoms with Crippen molar-refractivity contribution in [2.24, 2.45) is 0 Å². The van der Waals surface area contributed by atoms with Crippen molar-refractivity contribution in [3.05, 3.63) is 35.9 Å². The summed E-state index contributed by atoms with van der Waals surface area (Å²) in [4.78, 5) is 13.5. The van der Waals surface area contributed by atoms with E-state index in [1.807, 2.05) is 37.3 Å². The van der Waals surface area contributed by atoms with Crippen LogP contribution in [0, 0.1) is 0 Å². The Labute approximate surface area is 101 Å². The maximum absolute atomic E-state index is 11.8. The summed E-state index contributed by atoms with van der Waals surface area (Å²) in [5, 5.41) is 0. The van der Waals surface area contributed by atoms with Crippen LogP contribution in [-0.2, 0) is 16.1 Å². The molecule has 0 N–H and O–H groups in total. The topological polar surface area (TPSA) is 38.8 Å². The van der Waals surface area contributed by atoms with E-state index in [1.54, 1.807) is 4.90 Å². The number of nitrogens with zero attached hydrogens (tertiary/aromatic N) is 1. The molecule has 1 aromatic rings. The van der Waals surface area contributed by atoms with Crippen molar-refractivity contribution in [3.63, 3.8) is 0 Å². The lowest BCUT2D eigenvalue weighted by Crippen LogP contribution is -2.44. The third kappa shape index (κ3) is 3.46. The lowest BCUT2D eigenvalue weighted by atomic mass is 10.2. The van der Waals surface area contributed by atoms with Gasteiger partial charge in [-0.05, 0) is 12.5 Å². The van der Waals surface area contributed by atoms with Gasteiger partial charge in [0.25, 0.3) is 0 Å². The van der Waals surface area contributed by atoms with Gasteiger partial charge in [-0.15, -0.1) is 0 Å². The van der Waals surface area contributed by atoms with Gasteiger partial charge in [-0.2, -0.15) is 0 Å². The first-order chi connectivity index (χ1) is 8.25. The van der Waals surface area contributed by atoms with Gasteiger partial charge < -0.3 is 14.4 Å². The fourth-order valence-electron chi connectivity index (χ4n) is 1.79. The van der Waals surface area contributed by atoms with Crippen molar-refractivity contribution < 1.29 is 14.3 Å². The molecule has 1 aliphatic heterocycles. The Morgan fingerprint density at radius 3 is 2.94 bits per heavy atom. The van der Waals surface area contributed by atoms with Crippen molar-refractivity contribution in [1.29, 1.82) is 0 Å². The summed E-state index contributed by atoms with van der Waals surface area (Å²) in [6.45, 7) is 4.08. The first kappa shape index (κ1) is 11.9. The second-order valence-corrected chi connectivity index (χ2v) is 4.17. The predicted molar refractivity (Wildman–Crippen MR) is 63.6 cm³/mol. The van der Waals surface area contributed by atoms with Gasteiger partial charge in [0, 0.05) is 6.54 Å². The molecule has 1 aromatic carbocycles. The molecular weight excluding hydrogens is 218 g/mol. The first-order valence-electron chi connectivity index (χ1n) is 5.83. The molecule has 0 unspecified atom stereocenters. The van der Waals surface area contributed by atoms with Crippen molar-refractivity contribution in [2.75, 3.05) is 19.7 Å². The van der Waals surface area contributed by atoms with E-state index in [0.29, 0.717) is 26.3 Å². The molecule has 92 valence electrons. The molecule has 1 aliphatic rings. The Bertz CT molecular complexity index is 366. The zero-order valence-electron chi connectivity index (χ0n) is 9.96. The number of benzene rings is 1. The smallest absolute Gasteiger partial charge is 0.410 e. The SMILES string of the molecule is C[C@H]1CN(C(=O)OCc2ccccc2)CCO1. The summed E-state index contributed by atoms with van der Waals surface area (Å²) < 4.78 is 10.6. The van der Waals surface area contributed by atoms with Gasteiger partial charge in [0.15, 0.2) is 0 Å². The number of carbonyl (C=O) groups is 1. The highest BCUT2D eigenvalue weighted by atomic mass is 16.6. The van der Waals surface area contributed by atoms with Crippen LogP contribution in [0.3, 0.4) is 0 Å². The summed E-state index contributed by atoms with van der Waals surface area (Å²) in [5.41, 5.74) is 1.00. The van der Waals surface area contributed by atoms with Crippen LogP contribution in [0.15, 0.2) is 30.3 Å². The Morgan fingerprint density at radius 1 is 1.47 bits per heavy atom. The fourth-order valence-corrected chi connectivity index (χ4v) is 1.79. The number of hydrogen-bond acceptors (Lipinski definition) is 3. The Balaban J connectivity index is 1.81. The summed E-state index contributed by atoms with van der Waals surface area (Å²) in [6.07, 6.45) is -0.169. The number of rotatable bonds is 2. The standard InChI is InChI=1S/C13H17NO3/c1-11-9-14(7-8-16-11)13(15)17-10-12-5-3-2-4-6-12/h2-6,11H,7-10H2,1H3/t11-/m0/s1. The van der Waals surface area contributed by atoms with E-state index in [1.165, 1.54) is 0 Å². The van der Waals surface area contributed by atoms with Crippen molar-refractivity contribution in [1.82, 2.24) is 4.90 Å². The molecule has 0 aliphatic carbocycles. The van der Waals surface area contributed by atoms with Gasteiger partial charge in [0.05, 0.1) is 19.3 Å². The van der Waals surface area contributed by atoms with Crippen LogP contribution in [-0.4, -0.2) is 36.8 Å². The molecule has 1 saturated heterocycles. The summed E-state index contributed by atoms with van der Waals surface area (Å²) >= 11 is 0. The first-order valence-corrected chi connectivity index (χ1v) is 5.83. The normalized spacial score (nSPS) is 20.1. The minimum absolute atomic E-state index is 0.0908. The van der Waals surface area contributed by atoms with Crippen molar-refractivity contribution in [3.8, 4) is 0 Å². The van der Waals surface area contributed by atoms with Gasteiger partial charge in [-0.25, -0.2) is 4.79 Å². The fraction of sp³-hybridized carbons (Fsp3) is 0.462. The molecule has 4 nitrogen and oxygen atoms in total. The minimum Gasteiger partial charge on any atom is -0.445 e. The lowest BCUT2D eigenvalue weighted by Gasteiger charge is -2.30. The van der Waals surface area contributed by atoms with E-state index >= 15 is 0 Å². The molecule has 17 heavy (non-hydrogen) atoms. The predicted octanol–water partition coefficient (Wildman–Crippen LogP) is 2.04. The molecule has 0 bridgehead atoms. The quantitative estimate of drug-likeness (QED) is 0.787. The number of ether oxygens (including phenoxy) is 2. The number of amides is 1. The molecule has 4 heteroatoms. The molecule has 0 saturated carbocycles. The van der Waals surface area contributed by atoms with Crippen LogP contribution in [0.5, 0.6) is 0 Å². The highest BCUT2D eigenvalue weighted by Crippen LogP contribution is 2.08. The zero-order chi connectivity index (χ0) is 12.1. The van der Waals surface area contributed by atoms with Crippen LogP contribution in [0.25, 0.3) is 0 Å². The van der Waals surface area contributed by atoms with Gasteiger partial charge in [0.2, 0.25) is 0 Å². The van der Waals surface area contributed by atoms with E-state index in [4.69, 9.17) is 9.47 Å². The number of hydrogen-bond donors (Lipinski definition) is 0. The molecule has 0 aromatic heterocycles. The maximum atomic E-state index is 11.8. The average molecular weight is 235 g/mol. The third-order valence-corrected chi connectivity index (χ3v) is 2.70. The van der Waals surface area contributed by atoms with Crippen molar-refractivity contribution >= 4 is 6.09 Å². The van der Waals surface area contributed by atoms with Gasteiger partial charge in [-0.3, -0.25) is 0 Å². The summed E-state index contributed by atoms with van der Waals surface area (Å²) in [5.74, 6) is 0. The van der Waals surface area contributed by atoms with Crippen molar-refractivity contribution in [2.45, 2.75) is 19.6 Å². The molecule has 2 rings (SSSR count). The molecule has 0 spiro atoms. The van der Waals surface area contributed by atoms with Crippen LogP contribution in [0.2, 0.25) is 0 Å². The molecule has 1 fully saturated rings. The Kier molecular flexibility index (Phi) is 3.98. The Hall–Kier alpha value is -1.55. The molecule has 0 radical (unpaired) electrons. The van der Waals surface area contributed by atoms with Crippen LogP contribution < -0.4 is 0 Å². The Morgan fingerprint density at radius 2 is 2.24 bits per heavy atom. The molecule has 1 atom stereocenters. The highest BCUT2D eigenvalue weighted by molar-refractivity contribution is 5.67. The number of morpholine rings is 1. The second-order valence-electron chi connectivity index (χ2n) is 4.17. The van der Waals surface area contributed by atoms with Crippen LogP contribution >= 0.6 is 0 Å². The molecular formula is C13H17NO3. The molecule has 1 amide bonds. The van der Waals surface area contributed by atoms with E-state index in [2.05, 4.69) is 0 Å². The van der Waals surface area contributed by atoms with E-state index in [0.717, 1.165) is 5.56 Å². The van der Waals surface area contributed by atoms with Gasteiger partial charge in [0.1, 0.15) is 6.61 Å². The summed E-state index contributed by atoms with van der Waals surface area (Å²) in [7, 11) is 0. The maximum Gasteiger partial charge on any atom is 0.410 e. The van der Waals surface area contributed by atoms with E-state index in [-0.39, 0.29) is 12.2 Å². The molecule has 1 heterocycles. The minimum atomic E-state index is -0.260.